The first-order chi connectivity index (χ1) is 13.7. The van der Waals surface area contributed by atoms with Gasteiger partial charge in [0.1, 0.15) is 11.6 Å². The van der Waals surface area contributed by atoms with Gasteiger partial charge in [-0.05, 0) is 89.2 Å². The van der Waals surface area contributed by atoms with Crippen molar-refractivity contribution in [1.29, 1.82) is 0 Å². The van der Waals surface area contributed by atoms with Crippen LogP contribution in [0, 0.1) is 25.7 Å². The normalized spacial score (nSPS) is 10.1. The van der Waals surface area contributed by atoms with Crippen molar-refractivity contribution in [3.8, 4) is 0 Å². The molecule has 0 saturated carbocycles. The summed E-state index contributed by atoms with van der Waals surface area (Å²) in [5, 5.41) is 0.497. The molecule has 9 heteroatoms. The molecule has 0 radical (unpaired) electrons. The smallest absolute Gasteiger partial charge is 0.339 e. The van der Waals surface area contributed by atoms with Crippen molar-refractivity contribution in [2.75, 3.05) is 13.2 Å². The highest BCUT2D eigenvalue weighted by atomic mass is 127. The Hall–Kier alpha value is -0.820. The fourth-order valence-corrected chi connectivity index (χ4v) is 4.27. The largest absolute Gasteiger partial charge is 0.462 e. The molecule has 158 valence electrons. The summed E-state index contributed by atoms with van der Waals surface area (Å²) in [7, 11) is 0. The van der Waals surface area contributed by atoms with Gasteiger partial charge >= 0.3 is 11.9 Å². The van der Waals surface area contributed by atoms with E-state index in [9.17, 15) is 18.4 Å². The number of halogens is 5. The van der Waals surface area contributed by atoms with E-state index >= 15 is 0 Å². The van der Waals surface area contributed by atoms with Crippen LogP contribution in [0.25, 0.3) is 0 Å². The highest BCUT2D eigenvalue weighted by Crippen LogP contribution is 2.23. The molecule has 0 saturated heterocycles. The summed E-state index contributed by atoms with van der Waals surface area (Å²) in [6, 6.07) is 5.85. The van der Waals surface area contributed by atoms with Crippen molar-refractivity contribution in [2.45, 2.75) is 26.1 Å². The molecular formula is C20H19BrF2I2O4. The second kappa shape index (κ2) is 12.8. The number of carbonyl (C=O) groups is 2. The standard InChI is InChI=1S/C10H9BrFIO2.C10H10FIO2/c1-2-15-10(14)8-6(5-11)3-4-7(12)9(8)13;1-3-14-10(13)8-6(2)4-5-7(11)9(8)12/h3-4H,2,5H2,1H3;4-5H,3H2,1-2H3. The van der Waals surface area contributed by atoms with Crippen LogP contribution in [-0.2, 0) is 14.8 Å². The third-order valence-corrected chi connectivity index (χ3v) is 6.30. The van der Waals surface area contributed by atoms with Crippen molar-refractivity contribution >= 4 is 73.1 Å². The fraction of sp³-hybridized carbons (Fsp3) is 0.300. The number of benzene rings is 2. The summed E-state index contributed by atoms with van der Waals surface area (Å²) < 4.78 is 36.7. The third-order valence-electron chi connectivity index (χ3n) is 3.59. The van der Waals surface area contributed by atoms with E-state index in [1.807, 2.05) is 45.2 Å². The van der Waals surface area contributed by atoms with Crippen molar-refractivity contribution in [3.63, 3.8) is 0 Å². The maximum atomic E-state index is 13.3. The molecule has 0 heterocycles. The van der Waals surface area contributed by atoms with Gasteiger partial charge in [-0.15, -0.1) is 0 Å². The summed E-state index contributed by atoms with van der Waals surface area (Å²) in [5.41, 5.74) is 2.11. The quantitative estimate of drug-likeness (QED) is 0.206. The highest BCUT2D eigenvalue weighted by Gasteiger charge is 2.19. The summed E-state index contributed by atoms with van der Waals surface area (Å²) >= 11 is 6.87. The average molecular weight is 695 g/mol. The predicted molar refractivity (Wildman–Crippen MR) is 128 cm³/mol. The Bertz CT molecular complexity index is 891. The maximum absolute atomic E-state index is 13.3. The molecule has 2 rings (SSSR count). The van der Waals surface area contributed by atoms with Crippen molar-refractivity contribution in [2.24, 2.45) is 0 Å². The lowest BCUT2D eigenvalue weighted by atomic mass is 10.1. The van der Waals surface area contributed by atoms with E-state index in [0.29, 0.717) is 30.2 Å². The van der Waals surface area contributed by atoms with Crippen LogP contribution in [0.3, 0.4) is 0 Å². The van der Waals surface area contributed by atoms with E-state index in [4.69, 9.17) is 9.47 Å². The number of esters is 2. The summed E-state index contributed by atoms with van der Waals surface area (Å²) in [5.74, 6) is -1.73. The maximum Gasteiger partial charge on any atom is 0.339 e. The molecule has 29 heavy (non-hydrogen) atoms. The van der Waals surface area contributed by atoms with E-state index in [-0.39, 0.29) is 12.4 Å². The Balaban J connectivity index is 0.000000291. The van der Waals surface area contributed by atoms with Crippen molar-refractivity contribution < 1.29 is 27.8 Å². The summed E-state index contributed by atoms with van der Waals surface area (Å²) in [6.07, 6.45) is 0. The zero-order chi connectivity index (χ0) is 22.1. The number of aryl methyl sites for hydroxylation is 1. The molecule has 0 spiro atoms. The molecule has 4 nitrogen and oxygen atoms in total. The van der Waals surface area contributed by atoms with Gasteiger partial charge in [0.15, 0.2) is 0 Å². The van der Waals surface area contributed by atoms with E-state index in [1.165, 1.54) is 12.1 Å². The van der Waals surface area contributed by atoms with E-state index in [0.717, 1.165) is 11.1 Å². The van der Waals surface area contributed by atoms with Crippen molar-refractivity contribution in [3.05, 3.63) is 65.3 Å². The van der Waals surface area contributed by atoms with Crippen LogP contribution in [-0.4, -0.2) is 25.2 Å². The molecule has 0 N–H and O–H groups in total. The Labute approximate surface area is 204 Å². The lowest BCUT2D eigenvalue weighted by Gasteiger charge is -2.09. The number of ether oxygens (including phenoxy) is 2. The van der Waals surface area contributed by atoms with Crippen LogP contribution in [0.2, 0.25) is 0 Å². The zero-order valence-corrected chi connectivity index (χ0v) is 21.9. The van der Waals surface area contributed by atoms with Gasteiger partial charge in [0.05, 0.1) is 31.5 Å². The zero-order valence-electron chi connectivity index (χ0n) is 16.0. The molecule has 2 aromatic rings. The van der Waals surface area contributed by atoms with Gasteiger partial charge in [-0.2, -0.15) is 0 Å². The number of hydrogen-bond acceptors (Lipinski definition) is 4. The SMILES string of the molecule is CCOC(=O)c1c(C)ccc(F)c1I.CCOC(=O)c1c(CBr)ccc(F)c1I. The predicted octanol–water partition coefficient (Wildman–Crippen LogP) is 6.42. The molecule has 0 amide bonds. The molecular weight excluding hydrogens is 676 g/mol. The molecule has 0 bridgehead atoms. The number of rotatable bonds is 5. The molecule has 0 atom stereocenters. The van der Waals surface area contributed by atoms with Crippen LogP contribution in [0.1, 0.15) is 45.7 Å². The molecule has 0 aliphatic heterocycles. The number of carbonyl (C=O) groups excluding carboxylic acids is 2. The van der Waals surface area contributed by atoms with Gasteiger partial charge in [-0.3, -0.25) is 0 Å². The van der Waals surface area contributed by atoms with Crippen molar-refractivity contribution in [1.82, 2.24) is 0 Å². The van der Waals surface area contributed by atoms with E-state index < -0.39 is 17.8 Å². The third kappa shape index (κ3) is 7.12. The van der Waals surface area contributed by atoms with Gasteiger partial charge in [0, 0.05) is 5.33 Å². The monoisotopic (exact) mass is 694 g/mol. The Kier molecular flexibility index (Phi) is 11.6. The minimum absolute atomic E-state index is 0.285. The van der Waals surface area contributed by atoms with Crippen LogP contribution >= 0.6 is 61.1 Å². The Morgan fingerprint density at radius 1 is 0.897 bits per heavy atom. The Morgan fingerprint density at radius 3 is 1.83 bits per heavy atom. The first kappa shape index (κ1) is 26.2. The highest BCUT2D eigenvalue weighted by molar-refractivity contribution is 14.1. The van der Waals surface area contributed by atoms with Crippen LogP contribution in [0.15, 0.2) is 24.3 Å². The van der Waals surface area contributed by atoms with E-state index in [2.05, 4.69) is 15.9 Å². The minimum Gasteiger partial charge on any atom is -0.462 e. The average Bonchev–Trinajstić information content (AvgIpc) is 2.68. The second-order valence-electron chi connectivity index (χ2n) is 5.52. The first-order valence-electron chi connectivity index (χ1n) is 8.51. The molecule has 0 fully saturated rings. The van der Waals surface area contributed by atoms with Gasteiger partial charge < -0.3 is 9.47 Å². The second-order valence-corrected chi connectivity index (χ2v) is 8.24. The molecule has 0 aliphatic carbocycles. The van der Waals surface area contributed by atoms with Crippen LogP contribution in [0.4, 0.5) is 8.78 Å². The van der Waals surface area contributed by atoms with E-state index in [1.54, 1.807) is 32.9 Å². The number of hydrogen-bond donors (Lipinski definition) is 0. The van der Waals surface area contributed by atoms with Gasteiger partial charge in [-0.1, -0.05) is 28.1 Å². The first-order valence-corrected chi connectivity index (χ1v) is 11.8. The topological polar surface area (TPSA) is 52.6 Å². The van der Waals surface area contributed by atoms with Gasteiger partial charge in [-0.25, -0.2) is 18.4 Å². The van der Waals surface area contributed by atoms with Gasteiger partial charge in [0.2, 0.25) is 0 Å². The molecule has 0 unspecified atom stereocenters. The molecule has 0 aromatic heterocycles. The fourth-order valence-electron chi connectivity index (χ4n) is 2.23. The lowest BCUT2D eigenvalue weighted by Crippen LogP contribution is -2.11. The molecule has 0 aliphatic rings. The van der Waals surface area contributed by atoms with Crippen LogP contribution in [0.5, 0.6) is 0 Å². The number of alkyl halides is 1. The Morgan fingerprint density at radius 2 is 1.34 bits per heavy atom. The summed E-state index contributed by atoms with van der Waals surface area (Å²) in [4.78, 5) is 23.0. The van der Waals surface area contributed by atoms with Gasteiger partial charge in [0.25, 0.3) is 0 Å². The minimum atomic E-state index is -0.476. The van der Waals surface area contributed by atoms with Crippen LogP contribution < -0.4 is 0 Å². The lowest BCUT2D eigenvalue weighted by molar-refractivity contribution is 0.0514. The molecule has 2 aromatic carbocycles. The summed E-state index contributed by atoms with van der Waals surface area (Å²) in [6.45, 7) is 5.78.